The topological polar surface area (TPSA) is 108 Å². The molecule has 7 nitrogen and oxygen atoms in total. The van der Waals surface area contributed by atoms with Crippen molar-refractivity contribution in [2.45, 2.75) is 37.4 Å². The monoisotopic (exact) mass is 419 g/mol. The predicted octanol–water partition coefficient (Wildman–Crippen LogP) is 2.11. The van der Waals surface area contributed by atoms with Crippen molar-refractivity contribution < 1.29 is 19.5 Å². The normalized spacial score (nSPS) is 22.1. The van der Waals surface area contributed by atoms with Crippen molar-refractivity contribution in [3.63, 3.8) is 0 Å². The smallest absolute Gasteiger partial charge is 0.312 e. The highest BCUT2D eigenvalue weighted by atomic mass is 35.5. The van der Waals surface area contributed by atoms with E-state index in [4.69, 9.17) is 16.7 Å². The number of rotatable bonds is 5. The summed E-state index contributed by atoms with van der Waals surface area (Å²) in [6.07, 6.45) is 0.527. The Morgan fingerprint density at radius 2 is 2.00 bits per heavy atom. The van der Waals surface area contributed by atoms with E-state index in [0.29, 0.717) is 17.2 Å². The molecule has 2 heterocycles. The zero-order valence-electron chi connectivity index (χ0n) is 14.7. The van der Waals surface area contributed by atoms with Crippen molar-refractivity contribution in [2.24, 2.45) is 0 Å². The lowest BCUT2D eigenvalue weighted by Gasteiger charge is -2.24. The van der Waals surface area contributed by atoms with Crippen LogP contribution in [0.5, 0.6) is 0 Å². The second-order valence-electron chi connectivity index (χ2n) is 6.92. The second kappa shape index (κ2) is 7.44. The number of thiophene rings is 1. The quantitative estimate of drug-likeness (QED) is 0.555. The third-order valence-electron chi connectivity index (χ3n) is 5.00. The number of hydrogen-bond donors (Lipinski definition) is 4. The van der Waals surface area contributed by atoms with Gasteiger partial charge in [0.1, 0.15) is 12.5 Å². The lowest BCUT2D eigenvalue weighted by molar-refractivity contribution is -0.141. The lowest BCUT2D eigenvalue weighted by Crippen LogP contribution is -2.49. The van der Waals surface area contributed by atoms with Crippen molar-refractivity contribution >= 4 is 46.4 Å². The van der Waals surface area contributed by atoms with E-state index in [2.05, 4.69) is 16.0 Å². The molecular formula is C19H18ClN3O4S. The molecule has 0 fully saturated rings. The molecule has 1 aromatic carbocycles. The van der Waals surface area contributed by atoms with Crippen molar-refractivity contribution in [3.05, 3.63) is 50.7 Å². The van der Waals surface area contributed by atoms with Crippen LogP contribution in [0.2, 0.25) is 4.34 Å². The molecule has 0 saturated heterocycles. The van der Waals surface area contributed by atoms with Crippen molar-refractivity contribution in [2.75, 3.05) is 5.32 Å². The molecule has 2 amide bonds. The van der Waals surface area contributed by atoms with Crippen LogP contribution in [0.15, 0.2) is 30.3 Å². The maximum atomic E-state index is 12.8. The Kier molecular flexibility index (Phi) is 4.99. The van der Waals surface area contributed by atoms with Gasteiger partial charge in [0.15, 0.2) is 0 Å². The van der Waals surface area contributed by atoms with Gasteiger partial charge >= 0.3 is 5.97 Å². The highest BCUT2D eigenvalue weighted by molar-refractivity contribution is 7.16. The zero-order chi connectivity index (χ0) is 19.8. The molecule has 0 saturated carbocycles. The van der Waals surface area contributed by atoms with Crippen molar-refractivity contribution in [1.82, 2.24) is 10.6 Å². The Bertz CT molecular complexity index is 937. The summed E-state index contributed by atoms with van der Waals surface area (Å²) in [5, 5.41) is 17.8. The minimum Gasteiger partial charge on any atom is -0.481 e. The number of fused-ring (bicyclic) bond motifs is 2. The fourth-order valence-electron chi connectivity index (χ4n) is 3.81. The van der Waals surface area contributed by atoms with Crippen LogP contribution in [0.4, 0.5) is 5.69 Å². The molecule has 1 aliphatic heterocycles. The number of aliphatic carboxylic acids is 1. The molecule has 1 aliphatic carbocycles. The summed E-state index contributed by atoms with van der Waals surface area (Å²) < 4.78 is 0.684. The zero-order valence-corrected chi connectivity index (χ0v) is 16.3. The van der Waals surface area contributed by atoms with Crippen molar-refractivity contribution in [3.8, 4) is 0 Å². The molecule has 0 radical (unpaired) electrons. The minimum absolute atomic E-state index is 0.158. The van der Waals surface area contributed by atoms with E-state index < -0.39 is 30.4 Å². The van der Waals surface area contributed by atoms with Gasteiger partial charge < -0.3 is 21.1 Å². The Labute approximate surface area is 170 Å². The van der Waals surface area contributed by atoms with Gasteiger partial charge in [0.25, 0.3) is 0 Å². The number of carboxylic acid groups (broad SMARTS) is 1. The van der Waals surface area contributed by atoms with Gasteiger partial charge in [-0.2, -0.15) is 0 Å². The molecule has 2 aromatic rings. The van der Waals surface area contributed by atoms with Gasteiger partial charge in [0.05, 0.1) is 22.1 Å². The first kappa shape index (κ1) is 18.8. The van der Waals surface area contributed by atoms with Gasteiger partial charge in [-0.15, -0.1) is 11.3 Å². The number of hydrogen-bond acceptors (Lipinski definition) is 5. The molecule has 4 N–H and O–H groups in total. The number of nitrogens with one attached hydrogen (secondary N) is 3. The van der Waals surface area contributed by atoms with Gasteiger partial charge in [0.2, 0.25) is 11.8 Å². The molecule has 9 heteroatoms. The van der Waals surface area contributed by atoms with E-state index in [9.17, 15) is 14.4 Å². The standard InChI is InChI=1S/C19H18ClN3O4S/c20-15-7-11-14(28-15)6-13(21-11)19(27)22-12-5-9-3-1-2-4-10(9)18(12)23-16(24)8-17(25)26/h1-4,7,12-13,18,21H,5-6,8H2,(H,22,27)(H,23,24)(H,25,26)/t12-,13?,18+/m1/s1. The largest absolute Gasteiger partial charge is 0.481 e. The lowest BCUT2D eigenvalue weighted by atomic mass is 10.1. The first-order valence-electron chi connectivity index (χ1n) is 8.85. The van der Waals surface area contributed by atoms with Crippen LogP contribution >= 0.6 is 22.9 Å². The average Bonchev–Trinajstić information content (AvgIpc) is 3.26. The molecule has 1 aromatic heterocycles. The summed E-state index contributed by atoms with van der Waals surface area (Å²) in [4.78, 5) is 36.7. The number of carbonyl (C=O) groups excluding carboxylic acids is 2. The minimum atomic E-state index is -1.19. The number of anilines is 1. The van der Waals surface area contributed by atoms with Gasteiger partial charge in [-0.25, -0.2) is 0 Å². The first-order chi connectivity index (χ1) is 13.4. The molecular weight excluding hydrogens is 402 g/mol. The van der Waals surface area contributed by atoms with E-state index >= 15 is 0 Å². The van der Waals surface area contributed by atoms with Crippen LogP contribution in [-0.2, 0) is 27.2 Å². The predicted molar refractivity (Wildman–Crippen MR) is 106 cm³/mol. The van der Waals surface area contributed by atoms with Crippen LogP contribution in [0.3, 0.4) is 0 Å². The maximum absolute atomic E-state index is 12.8. The van der Waals surface area contributed by atoms with E-state index in [1.54, 1.807) is 0 Å². The summed E-state index contributed by atoms with van der Waals surface area (Å²) >= 11 is 7.45. The molecule has 146 valence electrons. The molecule has 3 atom stereocenters. The Morgan fingerprint density at radius 1 is 1.21 bits per heavy atom. The molecule has 28 heavy (non-hydrogen) atoms. The number of carbonyl (C=O) groups is 3. The Hall–Kier alpha value is -2.58. The fraction of sp³-hybridized carbons (Fsp3) is 0.316. The highest BCUT2D eigenvalue weighted by Crippen LogP contribution is 2.37. The Balaban J connectivity index is 1.46. The summed E-state index contributed by atoms with van der Waals surface area (Å²) in [5.74, 6) is -1.93. The average molecular weight is 420 g/mol. The molecule has 2 aliphatic rings. The number of amides is 2. The van der Waals surface area contributed by atoms with E-state index in [1.165, 1.54) is 11.3 Å². The van der Waals surface area contributed by atoms with Crippen LogP contribution in [-0.4, -0.2) is 35.0 Å². The van der Waals surface area contributed by atoms with E-state index in [-0.39, 0.29) is 11.9 Å². The van der Waals surface area contributed by atoms with Crippen LogP contribution in [0.25, 0.3) is 0 Å². The van der Waals surface area contributed by atoms with Crippen LogP contribution in [0, 0.1) is 0 Å². The molecule has 0 bridgehead atoms. The van der Waals surface area contributed by atoms with E-state index in [0.717, 1.165) is 21.7 Å². The molecule has 0 spiro atoms. The summed E-state index contributed by atoms with van der Waals surface area (Å²) in [6.45, 7) is 0. The van der Waals surface area contributed by atoms with Crippen LogP contribution < -0.4 is 16.0 Å². The van der Waals surface area contributed by atoms with Gasteiger partial charge in [-0.3, -0.25) is 14.4 Å². The number of halogens is 1. The summed E-state index contributed by atoms with van der Waals surface area (Å²) in [7, 11) is 0. The SMILES string of the molecule is O=C(O)CC(=O)N[C@H]1c2ccccc2C[C@H]1NC(=O)C1Cc2sc(Cl)cc2N1. The third-order valence-corrected chi connectivity index (χ3v) is 6.29. The van der Waals surface area contributed by atoms with Crippen molar-refractivity contribution in [1.29, 1.82) is 0 Å². The second-order valence-corrected chi connectivity index (χ2v) is 8.69. The first-order valence-corrected chi connectivity index (χ1v) is 10.0. The van der Waals surface area contributed by atoms with E-state index in [1.807, 2.05) is 30.3 Å². The summed E-state index contributed by atoms with van der Waals surface area (Å²) in [5.41, 5.74) is 2.81. The summed E-state index contributed by atoms with van der Waals surface area (Å²) in [6, 6.07) is 8.22. The van der Waals surface area contributed by atoms with Gasteiger partial charge in [-0.1, -0.05) is 35.9 Å². The number of benzene rings is 1. The number of carboxylic acids is 1. The van der Waals surface area contributed by atoms with Gasteiger partial charge in [-0.05, 0) is 23.6 Å². The highest BCUT2D eigenvalue weighted by Gasteiger charge is 2.37. The van der Waals surface area contributed by atoms with Crippen LogP contribution in [0.1, 0.15) is 28.5 Å². The maximum Gasteiger partial charge on any atom is 0.312 e. The Morgan fingerprint density at radius 3 is 2.75 bits per heavy atom. The molecule has 1 unspecified atom stereocenters. The fourth-order valence-corrected chi connectivity index (χ4v) is 5.08. The van der Waals surface area contributed by atoms with Gasteiger partial charge in [0, 0.05) is 11.3 Å². The third kappa shape index (κ3) is 3.70. The molecule has 4 rings (SSSR count).